The van der Waals surface area contributed by atoms with E-state index in [2.05, 4.69) is 15.6 Å². The SMILES string of the molecule is CN=C(NCc1ccc2c(c1)OCCCO2)NC1CC(=O)N(c2ccccc2)C1. The molecule has 0 radical (unpaired) electrons. The summed E-state index contributed by atoms with van der Waals surface area (Å²) >= 11 is 0. The minimum absolute atomic E-state index is 0.0117. The molecule has 2 aliphatic heterocycles. The fraction of sp³-hybridized carbons (Fsp3) is 0.364. The second-order valence-corrected chi connectivity index (χ2v) is 7.14. The number of ether oxygens (including phenoxy) is 2. The molecule has 1 saturated heterocycles. The highest BCUT2D eigenvalue weighted by atomic mass is 16.5. The Hall–Kier alpha value is -3.22. The van der Waals surface area contributed by atoms with Crippen molar-refractivity contribution in [1.29, 1.82) is 0 Å². The zero-order valence-corrected chi connectivity index (χ0v) is 16.6. The van der Waals surface area contributed by atoms with Crippen molar-refractivity contribution in [1.82, 2.24) is 10.6 Å². The van der Waals surface area contributed by atoms with Crippen molar-refractivity contribution in [3.8, 4) is 11.5 Å². The van der Waals surface area contributed by atoms with Crippen molar-refractivity contribution in [2.45, 2.75) is 25.4 Å². The number of nitrogens with zero attached hydrogens (tertiary/aromatic N) is 2. The van der Waals surface area contributed by atoms with Gasteiger partial charge in [0.15, 0.2) is 17.5 Å². The second-order valence-electron chi connectivity index (χ2n) is 7.14. The summed E-state index contributed by atoms with van der Waals surface area (Å²) in [6, 6.07) is 15.7. The zero-order chi connectivity index (χ0) is 20.1. The Morgan fingerprint density at radius 1 is 1.14 bits per heavy atom. The third-order valence-electron chi connectivity index (χ3n) is 5.03. The molecular weight excluding hydrogens is 368 g/mol. The van der Waals surface area contributed by atoms with Crippen LogP contribution in [-0.4, -0.2) is 44.7 Å². The van der Waals surface area contributed by atoms with Crippen molar-refractivity contribution in [2.75, 3.05) is 31.7 Å². The molecule has 2 aliphatic rings. The molecule has 2 N–H and O–H groups in total. The van der Waals surface area contributed by atoms with Crippen LogP contribution >= 0.6 is 0 Å². The molecule has 0 bridgehead atoms. The van der Waals surface area contributed by atoms with Gasteiger partial charge < -0.3 is 25.0 Å². The maximum Gasteiger partial charge on any atom is 0.229 e. The number of aliphatic imine (C=N–C) groups is 1. The van der Waals surface area contributed by atoms with Crippen LogP contribution in [0.2, 0.25) is 0 Å². The molecule has 1 amide bonds. The highest BCUT2D eigenvalue weighted by molar-refractivity contribution is 5.97. The highest BCUT2D eigenvalue weighted by Gasteiger charge is 2.31. The number of fused-ring (bicyclic) bond motifs is 1. The molecule has 0 aliphatic carbocycles. The first-order chi connectivity index (χ1) is 14.2. The number of benzene rings is 2. The van der Waals surface area contributed by atoms with Gasteiger partial charge in [0.25, 0.3) is 0 Å². The lowest BCUT2D eigenvalue weighted by molar-refractivity contribution is -0.117. The van der Waals surface area contributed by atoms with Crippen LogP contribution in [0.4, 0.5) is 5.69 Å². The molecule has 0 spiro atoms. The Morgan fingerprint density at radius 2 is 1.93 bits per heavy atom. The first kappa shape index (κ1) is 19.1. The number of para-hydroxylation sites is 1. The number of guanidine groups is 1. The summed E-state index contributed by atoms with van der Waals surface area (Å²) in [4.78, 5) is 18.5. The van der Waals surface area contributed by atoms with E-state index in [1.165, 1.54) is 0 Å². The summed E-state index contributed by atoms with van der Waals surface area (Å²) in [5.41, 5.74) is 2.00. The molecule has 152 valence electrons. The van der Waals surface area contributed by atoms with E-state index in [4.69, 9.17) is 9.47 Å². The molecule has 7 heteroatoms. The van der Waals surface area contributed by atoms with Gasteiger partial charge in [-0.15, -0.1) is 0 Å². The number of carbonyl (C=O) groups excluding carboxylic acids is 1. The van der Waals surface area contributed by atoms with Crippen LogP contribution < -0.4 is 25.0 Å². The first-order valence-electron chi connectivity index (χ1n) is 9.94. The van der Waals surface area contributed by atoms with E-state index >= 15 is 0 Å². The van der Waals surface area contributed by atoms with E-state index in [9.17, 15) is 4.79 Å². The van der Waals surface area contributed by atoms with Crippen molar-refractivity contribution in [3.05, 3.63) is 54.1 Å². The molecule has 2 aromatic carbocycles. The van der Waals surface area contributed by atoms with Crippen molar-refractivity contribution in [3.63, 3.8) is 0 Å². The van der Waals surface area contributed by atoms with Gasteiger partial charge in [0.2, 0.25) is 5.91 Å². The van der Waals surface area contributed by atoms with Crippen LogP contribution in [0.3, 0.4) is 0 Å². The van der Waals surface area contributed by atoms with Gasteiger partial charge in [0.05, 0.1) is 19.3 Å². The topological polar surface area (TPSA) is 75.2 Å². The van der Waals surface area contributed by atoms with Gasteiger partial charge in [-0.2, -0.15) is 0 Å². The standard InChI is InChI=1S/C22H26N4O3/c1-23-22(24-14-16-8-9-19-20(12-16)29-11-5-10-28-19)25-17-13-21(27)26(15-17)18-6-3-2-4-7-18/h2-4,6-9,12,17H,5,10-11,13-15H2,1H3,(H2,23,24,25). The minimum Gasteiger partial charge on any atom is -0.490 e. The fourth-order valence-corrected chi connectivity index (χ4v) is 3.55. The van der Waals surface area contributed by atoms with Crippen LogP contribution in [-0.2, 0) is 11.3 Å². The average molecular weight is 394 g/mol. The molecule has 0 aromatic heterocycles. The lowest BCUT2D eigenvalue weighted by Gasteiger charge is -2.19. The second kappa shape index (κ2) is 8.86. The van der Waals surface area contributed by atoms with Crippen molar-refractivity contribution >= 4 is 17.6 Å². The number of anilines is 1. The van der Waals surface area contributed by atoms with E-state index < -0.39 is 0 Å². The molecule has 2 aromatic rings. The number of hydrogen-bond acceptors (Lipinski definition) is 4. The number of rotatable bonds is 4. The fourth-order valence-electron chi connectivity index (χ4n) is 3.55. The van der Waals surface area contributed by atoms with Crippen LogP contribution in [0.25, 0.3) is 0 Å². The van der Waals surface area contributed by atoms with E-state index in [-0.39, 0.29) is 11.9 Å². The predicted octanol–water partition coefficient (Wildman–Crippen LogP) is 2.32. The molecule has 29 heavy (non-hydrogen) atoms. The van der Waals surface area contributed by atoms with Crippen molar-refractivity contribution in [2.24, 2.45) is 4.99 Å². The maximum absolute atomic E-state index is 12.4. The molecule has 1 atom stereocenters. The predicted molar refractivity (Wildman–Crippen MR) is 113 cm³/mol. The van der Waals surface area contributed by atoms with Gasteiger partial charge in [0.1, 0.15) is 0 Å². The van der Waals surface area contributed by atoms with Gasteiger partial charge >= 0.3 is 0 Å². The van der Waals surface area contributed by atoms with Gasteiger partial charge in [-0.3, -0.25) is 9.79 Å². The number of amides is 1. The first-order valence-corrected chi connectivity index (χ1v) is 9.94. The number of carbonyl (C=O) groups is 1. The summed E-state index contributed by atoms with van der Waals surface area (Å²) in [7, 11) is 1.73. The van der Waals surface area contributed by atoms with Gasteiger partial charge in [-0.1, -0.05) is 24.3 Å². The molecule has 4 rings (SSSR count). The molecule has 0 saturated carbocycles. The normalized spacial score (nSPS) is 19.1. The molecule has 7 nitrogen and oxygen atoms in total. The Bertz CT molecular complexity index is 885. The average Bonchev–Trinajstić information content (AvgIpc) is 2.96. The number of hydrogen-bond donors (Lipinski definition) is 2. The number of nitrogens with one attached hydrogen (secondary N) is 2. The third kappa shape index (κ3) is 4.62. The molecule has 1 unspecified atom stereocenters. The Morgan fingerprint density at radius 3 is 2.72 bits per heavy atom. The van der Waals surface area contributed by atoms with Crippen molar-refractivity contribution < 1.29 is 14.3 Å². The van der Waals surface area contributed by atoms with E-state index in [0.29, 0.717) is 38.7 Å². The zero-order valence-electron chi connectivity index (χ0n) is 16.6. The van der Waals surface area contributed by atoms with Crippen LogP contribution in [0.1, 0.15) is 18.4 Å². The van der Waals surface area contributed by atoms with Gasteiger partial charge in [-0.25, -0.2) is 0 Å². The van der Waals surface area contributed by atoms with Gasteiger partial charge in [0, 0.05) is 38.7 Å². The Balaban J connectivity index is 1.33. The minimum atomic E-state index is 0.0117. The Kier molecular flexibility index (Phi) is 5.84. The summed E-state index contributed by atoms with van der Waals surface area (Å²) in [5, 5.41) is 6.68. The molecule has 1 fully saturated rings. The van der Waals surface area contributed by atoms with Gasteiger partial charge in [-0.05, 0) is 29.8 Å². The third-order valence-corrected chi connectivity index (χ3v) is 5.03. The molecular formula is C22H26N4O3. The van der Waals surface area contributed by atoms with Crippen LogP contribution in [0.15, 0.2) is 53.5 Å². The van der Waals surface area contributed by atoms with E-state index in [1.54, 1.807) is 7.05 Å². The lowest BCUT2D eigenvalue weighted by Crippen LogP contribution is -2.44. The molecule has 2 heterocycles. The lowest BCUT2D eigenvalue weighted by atomic mass is 10.2. The maximum atomic E-state index is 12.4. The highest BCUT2D eigenvalue weighted by Crippen LogP contribution is 2.30. The van der Waals surface area contributed by atoms with Crippen LogP contribution in [0.5, 0.6) is 11.5 Å². The van der Waals surface area contributed by atoms with E-state index in [0.717, 1.165) is 29.2 Å². The summed E-state index contributed by atoms with van der Waals surface area (Å²) in [6.45, 7) is 2.56. The summed E-state index contributed by atoms with van der Waals surface area (Å²) in [6.07, 6.45) is 1.33. The van der Waals surface area contributed by atoms with Crippen LogP contribution in [0, 0.1) is 0 Å². The summed E-state index contributed by atoms with van der Waals surface area (Å²) in [5.74, 6) is 2.36. The monoisotopic (exact) mass is 394 g/mol. The largest absolute Gasteiger partial charge is 0.490 e. The quantitative estimate of drug-likeness (QED) is 0.615. The smallest absolute Gasteiger partial charge is 0.229 e. The van der Waals surface area contributed by atoms with E-state index in [1.807, 2.05) is 53.4 Å². The summed E-state index contributed by atoms with van der Waals surface area (Å²) < 4.78 is 11.4. The Labute approximate surface area is 170 Å².